The molecule has 66 valence electrons. The van der Waals surface area contributed by atoms with Crippen LogP contribution in [0.5, 0.6) is 0 Å². The molecular weight excluding hydrogens is 142 g/mol. The van der Waals surface area contributed by atoms with Crippen molar-refractivity contribution in [2.75, 3.05) is 13.6 Å². The van der Waals surface area contributed by atoms with E-state index in [1.165, 1.54) is 0 Å². The lowest BCUT2D eigenvalue weighted by Gasteiger charge is -2.27. The van der Waals surface area contributed by atoms with Gasteiger partial charge < -0.3 is 16.4 Å². The standard InChI is InChI=1S/C7H17N3O/c1-4-7(2,5-8)10-6(11)9-3/h4-5,8H2,1-3H3,(H2,9,10,11). The maximum absolute atomic E-state index is 10.9. The highest BCUT2D eigenvalue weighted by molar-refractivity contribution is 5.74. The van der Waals surface area contributed by atoms with Crippen molar-refractivity contribution < 1.29 is 4.79 Å². The second kappa shape index (κ2) is 4.18. The molecule has 0 heterocycles. The molecule has 0 aromatic carbocycles. The molecule has 2 amide bonds. The topological polar surface area (TPSA) is 67.1 Å². The first-order valence-electron chi connectivity index (χ1n) is 3.78. The largest absolute Gasteiger partial charge is 0.341 e. The van der Waals surface area contributed by atoms with Crippen molar-refractivity contribution in [3.63, 3.8) is 0 Å². The number of hydrogen-bond donors (Lipinski definition) is 3. The second-order valence-electron chi connectivity index (χ2n) is 2.82. The molecule has 0 rings (SSSR count). The van der Waals surface area contributed by atoms with Crippen LogP contribution in [0.3, 0.4) is 0 Å². The van der Waals surface area contributed by atoms with Gasteiger partial charge in [0.2, 0.25) is 0 Å². The Labute approximate surface area is 67.5 Å². The smallest absolute Gasteiger partial charge is 0.314 e. The molecule has 4 N–H and O–H groups in total. The average Bonchev–Trinajstić information content (AvgIpc) is 2.04. The molecule has 4 nitrogen and oxygen atoms in total. The predicted octanol–water partition coefficient (Wildman–Crippen LogP) is 0.0428. The van der Waals surface area contributed by atoms with E-state index in [9.17, 15) is 4.79 Å². The van der Waals surface area contributed by atoms with Gasteiger partial charge in [0.1, 0.15) is 0 Å². The van der Waals surface area contributed by atoms with Gasteiger partial charge in [-0.3, -0.25) is 0 Å². The summed E-state index contributed by atoms with van der Waals surface area (Å²) in [6.45, 7) is 4.36. The molecule has 0 aromatic heterocycles. The minimum Gasteiger partial charge on any atom is -0.341 e. The van der Waals surface area contributed by atoms with Crippen molar-refractivity contribution >= 4 is 6.03 Å². The van der Waals surface area contributed by atoms with Crippen LogP contribution in [0, 0.1) is 0 Å². The normalized spacial score (nSPS) is 15.3. The Hall–Kier alpha value is -0.770. The van der Waals surface area contributed by atoms with Gasteiger partial charge in [0, 0.05) is 13.6 Å². The van der Waals surface area contributed by atoms with Crippen LogP contribution >= 0.6 is 0 Å². The number of carbonyl (C=O) groups excluding carboxylic acids is 1. The van der Waals surface area contributed by atoms with E-state index in [1.54, 1.807) is 7.05 Å². The highest BCUT2D eigenvalue weighted by Crippen LogP contribution is 2.05. The Bertz CT molecular complexity index is 132. The lowest BCUT2D eigenvalue weighted by Crippen LogP contribution is -2.53. The summed E-state index contributed by atoms with van der Waals surface area (Å²) in [5.74, 6) is 0. The number of urea groups is 1. The SMILES string of the molecule is CCC(C)(CN)NC(=O)NC. The summed E-state index contributed by atoms with van der Waals surface area (Å²) in [7, 11) is 1.59. The van der Waals surface area contributed by atoms with E-state index in [0.717, 1.165) is 6.42 Å². The van der Waals surface area contributed by atoms with Crippen LogP contribution in [0.1, 0.15) is 20.3 Å². The van der Waals surface area contributed by atoms with E-state index < -0.39 is 0 Å². The second-order valence-corrected chi connectivity index (χ2v) is 2.82. The van der Waals surface area contributed by atoms with Gasteiger partial charge in [-0.05, 0) is 13.3 Å². The molecule has 4 heteroatoms. The number of nitrogens with two attached hydrogens (primary N) is 1. The molecule has 0 saturated carbocycles. The van der Waals surface area contributed by atoms with E-state index in [1.807, 2.05) is 13.8 Å². The Morgan fingerprint density at radius 1 is 1.64 bits per heavy atom. The van der Waals surface area contributed by atoms with Gasteiger partial charge in [-0.25, -0.2) is 4.79 Å². The van der Waals surface area contributed by atoms with Crippen molar-refractivity contribution in [2.45, 2.75) is 25.8 Å². The molecule has 0 radical (unpaired) electrons. The van der Waals surface area contributed by atoms with Gasteiger partial charge >= 0.3 is 6.03 Å². The highest BCUT2D eigenvalue weighted by atomic mass is 16.2. The first kappa shape index (κ1) is 10.2. The van der Waals surface area contributed by atoms with Gasteiger partial charge in [-0.15, -0.1) is 0 Å². The first-order valence-corrected chi connectivity index (χ1v) is 3.78. The third-order valence-electron chi connectivity index (χ3n) is 1.87. The third-order valence-corrected chi connectivity index (χ3v) is 1.87. The van der Waals surface area contributed by atoms with Crippen molar-refractivity contribution in [1.29, 1.82) is 0 Å². The summed E-state index contributed by atoms with van der Waals surface area (Å²) >= 11 is 0. The molecule has 0 aromatic rings. The summed E-state index contributed by atoms with van der Waals surface area (Å²) in [6.07, 6.45) is 0.830. The van der Waals surface area contributed by atoms with Crippen LogP contribution in [0.4, 0.5) is 4.79 Å². The fourth-order valence-electron chi connectivity index (χ4n) is 0.620. The van der Waals surface area contributed by atoms with Crippen molar-refractivity contribution in [3.05, 3.63) is 0 Å². The van der Waals surface area contributed by atoms with Gasteiger partial charge in [0.15, 0.2) is 0 Å². The average molecular weight is 159 g/mol. The molecule has 0 fully saturated rings. The van der Waals surface area contributed by atoms with E-state index in [4.69, 9.17) is 5.73 Å². The van der Waals surface area contributed by atoms with Crippen LogP contribution in [0.25, 0.3) is 0 Å². The number of hydrogen-bond acceptors (Lipinski definition) is 2. The maximum atomic E-state index is 10.9. The maximum Gasteiger partial charge on any atom is 0.314 e. The first-order chi connectivity index (χ1) is 5.08. The molecule has 1 unspecified atom stereocenters. The molecular formula is C7H17N3O. The summed E-state index contributed by atoms with van der Waals surface area (Å²) in [4.78, 5) is 10.9. The Morgan fingerprint density at radius 2 is 2.18 bits per heavy atom. The van der Waals surface area contributed by atoms with Crippen LogP contribution in [-0.2, 0) is 0 Å². The lowest BCUT2D eigenvalue weighted by atomic mass is 10.00. The molecule has 1 atom stereocenters. The summed E-state index contributed by atoms with van der Waals surface area (Å²) < 4.78 is 0. The van der Waals surface area contributed by atoms with Crippen LogP contribution in [0.2, 0.25) is 0 Å². The van der Waals surface area contributed by atoms with Gasteiger partial charge in [-0.1, -0.05) is 6.92 Å². The quantitative estimate of drug-likeness (QED) is 0.544. The third kappa shape index (κ3) is 3.23. The van der Waals surface area contributed by atoms with Crippen LogP contribution < -0.4 is 16.4 Å². The van der Waals surface area contributed by atoms with Crippen molar-refractivity contribution in [1.82, 2.24) is 10.6 Å². The van der Waals surface area contributed by atoms with E-state index in [2.05, 4.69) is 10.6 Å². The van der Waals surface area contributed by atoms with E-state index in [0.29, 0.717) is 6.54 Å². The highest BCUT2D eigenvalue weighted by Gasteiger charge is 2.21. The Morgan fingerprint density at radius 3 is 2.45 bits per heavy atom. The summed E-state index contributed by atoms with van der Waals surface area (Å²) in [6, 6.07) is -0.181. The molecule has 0 bridgehead atoms. The fourth-order valence-corrected chi connectivity index (χ4v) is 0.620. The molecule has 0 saturated heterocycles. The van der Waals surface area contributed by atoms with Gasteiger partial charge in [0.25, 0.3) is 0 Å². The predicted molar refractivity (Wildman–Crippen MR) is 45.3 cm³/mol. The van der Waals surface area contributed by atoms with E-state index >= 15 is 0 Å². The molecule has 0 aliphatic rings. The van der Waals surface area contributed by atoms with Crippen LogP contribution in [0.15, 0.2) is 0 Å². The van der Waals surface area contributed by atoms with Gasteiger partial charge in [0.05, 0.1) is 5.54 Å². The fraction of sp³-hybridized carbons (Fsp3) is 0.857. The molecule has 11 heavy (non-hydrogen) atoms. The minimum absolute atomic E-state index is 0.181. The number of nitrogens with one attached hydrogen (secondary N) is 2. The lowest BCUT2D eigenvalue weighted by molar-refractivity contribution is 0.229. The monoisotopic (exact) mass is 159 g/mol. The zero-order valence-electron chi connectivity index (χ0n) is 7.40. The number of amides is 2. The minimum atomic E-state index is -0.278. The van der Waals surface area contributed by atoms with Crippen molar-refractivity contribution in [2.24, 2.45) is 5.73 Å². The molecule has 0 spiro atoms. The molecule has 0 aliphatic heterocycles. The molecule has 0 aliphatic carbocycles. The van der Waals surface area contributed by atoms with Crippen LogP contribution in [-0.4, -0.2) is 25.2 Å². The summed E-state index contributed by atoms with van der Waals surface area (Å²) in [5, 5.41) is 5.25. The Kier molecular flexibility index (Phi) is 3.89. The Balaban J connectivity index is 3.96. The zero-order chi connectivity index (χ0) is 8.91. The van der Waals surface area contributed by atoms with E-state index in [-0.39, 0.29) is 11.6 Å². The number of rotatable bonds is 3. The number of carbonyl (C=O) groups is 1. The van der Waals surface area contributed by atoms with Gasteiger partial charge in [-0.2, -0.15) is 0 Å². The van der Waals surface area contributed by atoms with Crippen molar-refractivity contribution in [3.8, 4) is 0 Å². The summed E-state index contributed by atoms with van der Waals surface area (Å²) in [5.41, 5.74) is 5.20. The zero-order valence-corrected chi connectivity index (χ0v) is 7.40.